The first kappa shape index (κ1) is 20.3. The van der Waals surface area contributed by atoms with Crippen molar-refractivity contribution in [1.29, 1.82) is 0 Å². The predicted molar refractivity (Wildman–Crippen MR) is 85.6 cm³/mol. The molecule has 1 aliphatic heterocycles. The Kier molecular flexibility index (Phi) is 6.13. The number of amides is 1. The number of carbonyl (C=O) groups is 4. The normalized spacial score (nSPS) is 25.5. The Bertz CT molecular complexity index is 748. The molecular formula is C15H20N4O8. The van der Waals surface area contributed by atoms with Crippen LogP contribution in [0.1, 0.15) is 43.2 Å². The van der Waals surface area contributed by atoms with E-state index in [4.69, 9.17) is 30.4 Å². The smallest absolute Gasteiger partial charge is 0.304 e. The van der Waals surface area contributed by atoms with Crippen molar-refractivity contribution in [2.45, 2.75) is 51.4 Å². The highest BCUT2D eigenvalue weighted by Gasteiger charge is 2.53. The van der Waals surface area contributed by atoms with Gasteiger partial charge in [-0.15, -0.1) is 0 Å². The molecule has 1 aromatic rings. The molecule has 2 rings (SSSR count). The SMILES string of the molecule is CC(=O)OC(N)[C@H]1O[C@@H](c2ncc(C(N)=O)[nH]2)[C@H](OC(C)=O)[C@@H]1OC(C)=O. The highest BCUT2D eigenvalue weighted by Crippen LogP contribution is 2.37. The Morgan fingerprint density at radius 2 is 1.70 bits per heavy atom. The molecule has 2 heterocycles. The van der Waals surface area contributed by atoms with E-state index >= 15 is 0 Å². The second kappa shape index (κ2) is 8.14. The molecule has 0 saturated carbocycles. The van der Waals surface area contributed by atoms with E-state index in [0.717, 1.165) is 20.8 Å². The topological polar surface area (TPSA) is 186 Å². The molecule has 148 valence electrons. The molecule has 1 aliphatic rings. The molecule has 5 atom stereocenters. The van der Waals surface area contributed by atoms with Crippen LogP contribution < -0.4 is 11.5 Å². The van der Waals surface area contributed by atoms with Crippen LogP contribution in [0.5, 0.6) is 0 Å². The Balaban J connectivity index is 2.40. The minimum atomic E-state index is -1.32. The lowest BCUT2D eigenvalue weighted by Gasteiger charge is -2.25. The van der Waals surface area contributed by atoms with Gasteiger partial charge in [0.2, 0.25) is 0 Å². The molecule has 0 bridgehead atoms. The maximum Gasteiger partial charge on any atom is 0.304 e. The van der Waals surface area contributed by atoms with E-state index in [1.807, 2.05) is 0 Å². The summed E-state index contributed by atoms with van der Waals surface area (Å²) in [5.74, 6) is -2.74. The summed E-state index contributed by atoms with van der Waals surface area (Å²) in [6.07, 6.45) is -4.74. The first-order valence-corrected chi connectivity index (χ1v) is 7.87. The molecular weight excluding hydrogens is 364 g/mol. The summed E-state index contributed by atoms with van der Waals surface area (Å²) in [4.78, 5) is 52.1. The van der Waals surface area contributed by atoms with Crippen molar-refractivity contribution in [1.82, 2.24) is 9.97 Å². The number of imidazole rings is 1. The summed E-state index contributed by atoms with van der Waals surface area (Å²) in [6.45, 7) is 3.44. The fourth-order valence-corrected chi connectivity index (χ4v) is 2.68. The Morgan fingerprint density at radius 1 is 1.11 bits per heavy atom. The summed E-state index contributed by atoms with van der Waals surface area (Å²) in [7, 11) is 0. The Labute approximate surface area is 153 Å². The number of esters is 3. The van der Waals surface area contributed by atoms with Gasteiger partial charge in [-0.1, -0.05) is 0 Å². The molecule has 1 aromatic heterocycles. The Hall–Kier alpha value is -2.99. The second-order valence-electron chi connectivity index (χ2n) is 5.79. The van der Waals surface area contributed by atoms with Crippen molar-refractivity contribution in [3.63, 3.8) is 0 Å². The zero-order chi connectivity index (χ0) is 20.3. The summed E-state index contributed by atoms with van der Waals surface area (Å²) in [5.41, 5.74) is 11.0. The van der Waals surface area contributed by atoms with Crippen molar-refractivity contribution in [3.05, 3.63) is 17.7 Å². The van der Waals surface area contributed by atoms with Crippen LogP contribution in [0.2, 0.25) is 0 Å². The largest absolute Gasteiger partial charge is 0.455 e. The number of hydrogen-bond donors (Lipinski definition) is 3. The van der Waals surface area contributed by atoms with Crippen LogP contribution >= 0.6 is 0 Å². The lowest BCUT2D eigenvalue weighted by molar-refractivity contribution is -0.169. The highest BCUT2D eigenvalue weighted by atomic mass is 16.7. The first-order chi connectivity index (χ1) is 12.6. The van der Waals surface area contributed by atoms with Gasteiger partial charge < -0.3 is 29.7 Å². The van der Waals surface area contributed by atoms with Crippen LogP contribution in [0.3, 0.4) is 0 Å². The van der Waals surface area contributed by atoms with E-state index in [1.54, 1.807) is 0 Å². The van der Waals surface area contributed by atoms with Crippen molar-refractivity contribution < 1.29 is 38.1 Å². The summed E-state index contributed by atoms with van der Waals surface area (Å²) in [6, 6.07) is 0. The summed E-state index contributed by atoms with van der Waals surface area (Å²) in [5, 5.41) is 0. The molecule has 5 N–H and O–H groups in total. The average molecular weight is 384 g/mol. The molecule has 12 heteroatoms. The second-order valence-corrected chi connectivity index (χ2v) is 5.79. The van der Waals surface area contributed by atoms with Crippen molar-refractivity contribution in [2.24, 2.45) is 11.5 Å². The first-order valence-electron chi connectivity index (χ1n) is 7.87. The number of carbonyl (C=O) groups excluding carboxylic acids is 4. The average Bonchev–Trinajstić information content (AvgIpc) is 3.12. The predicted octanol–water partition coefficient (Wildman–Crippen LogP) is -1.34. The van der Waals surface area contributed by atoms with Crippen molar-refractivity contribution >= 4 is 23.8 Å². The number of hydrogen-bond acceptors (Lipinski definition) is 10. The van der Waals surface area contributed by atoms with Crippen LogP contribution in [-0.4, -0.2) is 58.3 Å². The van der Waals surface area contributed by atoms with Crippen LogP contribution in [-0.2, 0) is 33.3 Å². The van der Waals surface area contributed by atoms with E-state index in [0.29, 0.717) is 0 Å². The maximum atomic E-state index is 11.5. The van der Waals surface area contributed by atoms with E-state index in [2.05, 4.69) is 9.97 Å². The molecule has 27 heavy (non-hydrogen) atoms. The van der Waals surface area contributed by atoms with Gasteiger partial charge in [-0.2, -0.15) is 0 Å². The number of nitrogens with two attached hydrogens (primary N) is 2. The van der Waals surface area contributed by atoms with E-state index in [9.17, 15) is 19.2 Å². The molecule has 1 unspecified atom stereocenters. The van der Waals surface area contributed by atoms with Gasteiger partial charge in [-0.05, 0) is 0 Å². The Morgan fingerprint density at radius 3 is 2.19 bits per heavy atom. The van der Waals surface area contributed by atoms with Crippen LogP contribution in [0.25, 0.3) is 0 Å². The van der Waals surface area contributed by atoms with E-state index < -0.39 is 54.5 Å². The van der Waals surface area contributed by atoms with Crippen LogP contribution in [0.15, 0.2) is 6.20 Å². The molecule has 0 aromatic carbocycles. The van der Waals surface area contributed by atoms with Crippen molar-refractivity contribution in [3.8, 4) is 0 Å². The number of nitrogens with zero attached hydrogens (tertiary/aromatic N) is 1. The molecule has 1 saturated heterocycles. The zero-order valence-electron chi connectivity index (χ0n) is 14.8. The third-order valence-electron chi connectivity index (χ3n) is 3.61. The molecule has 0 aliphatic carbocycles. The third-order valence-corrected chi connectivity index (χ3v) is 3.61. The van der Waals surface area contributed by atoms with Gasteiger partial charge in [0, 0.05) is 20.8 Å². The van der Waals surface area contributed by atoms with Crippen molar-refractivity contribution in [2.75, 3.05) is 0 Å². The minimum absolute atomic E-state index is 0.00746. The zero-order valence-corrected chi connectivity index (χ0v) is 14.8. The van der Waals surface area contributed by atoms with Crippen LogP contribution in [0.4, 0.5) is 0 Å². The highest BCUT2D eigenvalue weighted by molar-refractivity contribution is 5.90. The number of aromatic nitrogens is 2. The van der Waals surface area contributed by atoms with Gasteiger partial charge in [-0.3, -0.25) is 24.9 Å². The van der Waals surface area contributed by atoms with E-state index in [-0.39, 0.29) is 11.5 Å². The van der Waals surface area contributed by atoms with Gasteiger partial charge in [0.05, 0.1) is 6.20 Å². The van der Waals surface area contributed by atoms with Gasteiger partial charge >= 0.3 is 17.9 Å². The third kappa shape index (κ3) is 4.80. The number of H-pyrrole nitrogens is 1. The fraction of sp³-hybridized carbons (Fsp3) is 0.533. The van der Waals surface area contributed by atoms with Gasteiger partial charge in [-0.25, -0.2) is 4.98 Å². The number of aromatic amines is 1. The van der Waals surface area contributed by atoms with Gasteiger partial charge in [0.1, 0.15) is 17.6 Å². The van der Waals surface area contributed by atoms with E-state index in [1.165, 1.54) is 6.20 Å². The molecule has 1 amide bonds. The molecule has 0 radical (unpaired) electrons. The van der Waals surface area contributed by atoms with Gasteiger partial charge in [0.25, 0.3) is 5.91 Å². The number of primary amides is 1. The monoisotopic (exact) mass is 384 g/mol. The molecule has 0 spiro atoms. The number of rotatable bonds is 6. The number of ether oxygens (including phenoxy) is 4. The lowest BCUT2D eigenvalue weighted by atomic mass is 10.1. The fourth-order valence-electron chi connectivity index (χ4n) is 2.68. The standard InChI is InChI=1S/C15H20N4O8/c1-5(20)24-9-10(25-6(2)21)12(15-18-4-8(19-15)13(16)23)27-11(9)14(17)26-7(3)22/h4,9-12,14H,17H2,1-3H3,(H2,16,23)(H,18,19)/t9-,10+,11-,12+,14?/m0/s1. The summed E-state index contributed by atoms with van der Waals surface area (Å²) < 4.78 is 21.1. The molecule has 1 fully saturated rings. The maximum absolute atomic E-state index is 11.5. The lowest BCUT2D eigenvalue weighted by Crippen LogP contribution is -2.48. The minimum Gasteiger partial charge on any atom is -0.455 e. The quantitative estimate of drug-likeness (QED) is 0.301. The van der Waals surface area contributed by atoms with Crippen LogP contribution in [0, 0.1) is 0 Å². The van der Waals surface area contributed by atoms with Gasteiger partial charge in [0.15, 0.2) is 24.5 Å². The molecule has 12 nitrogen and oxygen atoms in total. The summed E-state index contributed by atoms with van der Waals surface area (Å²) >= 11 is 0. The number of nitrogens with one attached hydrogen (secondary N) is 1.